The number of nitrogens with zero attached hydrogens (tertiary/aromatic N) is 2. The maximum Gasteiger partial charge on any atom is 0.320 e. The Hall–Kier alpha value is -1.95. The van der Waals surface area contributed by atoms with Crippen LogP contribution in [0, 0.1) is 5.92 Å². The third kappa shape index (κ3) is 2.97. The van der Waals surface area contributed by atoms with E-state index in [1.807, 2.05) is 18.2 Å². The summed E-state index contributed by atoms with van der Waals surface area (Å²) in [6, 6.07) is 5.63. The standard InChI is InChI=1S/C16H18N4OS/c21-16(20-15-14(11-6-7-11)22-9-18-15)19-13(10-4-5-10)12-3-1-2-8-17-12/h1-3,8-11,13H,4-7H2,(H2,19,20,21). The topological polar surface area (TPSA) is 66.9 Å². The van der Waals surface area contributed by atoms with Gasteiger partial charge in [0.15, 0.2) is 0 Å². The lowest BCUT2D eigenvalue weighted by Gasteiger charge is -2.18. The highest BCUT2D eigenvalue weighted by Gasteiger charge is 2.35. The van der Waals surface area contributed by atoms with Crippen molar-refractivity contribution in [3.8, 4) is 0 Å². The number of aromatic nitrogens is 2. The summed E-state index contributed by atoms with van der Waals surface area (Å²) < 4.78 is 0. The molecule has 2 aliphatic carbocycles. The predicted molar refractivity (Wildman–Crippen MR) is 85.9 cm³/mol. The lowest BCUT2D eigenvalue weighted by atomic mass is 10.1. The van der Waals surface area contributed by atoms with Crippen molar-refractivity contribution >= 4 is 23.2 Å². The van der Waals surface area contributed by atoms with Gasteiger partial charge in [-0.3, -0.25) is 10.3 Å². The quantitative estimate of drug-likeness (QED) is 0.884. The second kappa shape index (κ2) is 5.68. The number of amides is 2. The second-order valence-corrected chi connectivity index (χ2v) is 6.89. The van der Waals surface area contributed by atoms with Crippen molar-refractivity contribution in [1.82, 2.24) is 15.3 Å². The minimum atomic E-state index is -0.185. The Morgan fingerprint density at radius 1 is 1.23 bits per heavy atom. The second-order valence-electron chi connectivity index (χ2n) is 6.01. The number of urea groups is 1. The third-order valence-corrected chi connectivity index (χ3v) is 5.15. The van der Waals surface area contributed by atoms with Crippen molar-refractivity contribution in [1.29, 1.82) is 0 Å². The Bertz CT molecular complexity index is 664. The number of pyridine rings is 1. The van der Waals surface area contributed by atoms with Crippen LogP contribution in [0.4, 0.5) is 10.6 Å². The fourth-order valence-electron chi connectivity index (χ4n) is 2.69. The van der Waals surface area contributed by atoms with Gasteiger partial charge in [0.05, 0.1) is 22.1 Å². The van der Waals surface area contributed by atoms with Crippen LogP contribution in [0.25, 0.3) is 0 Å². The van der Waals surface area contributed by atoms with Gasteiger partial charge >= 0.3 is 6.03 Å². The molecule has 2 aromatic heterocycles. The van der Waals surface area contributed by atoms with Gasteiger partial charge in [-0.05, 0) is 49.7 Å². The fourth-order valence-corrected chi connectivity index (χ4v) is 3.61. The highest BCUT2D eigenvalue weighted by Crippen LogP contribution is 2.45. The van der Waals surface area contributed by atoms with Crippen molar-refractivity contribution in [3.05, 3.63) is 40.5 Å². The summed E-state index contributed by atoms with van der Waals surface area (Å²) in [5, 5.41) is 5.99. The molecule has 2 saturated carbocycles. The van der Waals surface area contributed by atoms with Gasteiger partial charge in [-0.1, -0.05) is 6.07 Å². The van der Waals surface area contributed by atoms with Crippen LogP contribution in [0.3, 0.4) is 0 Å². The van der Waals surface area contributed by atoms with Crippen molar-refractivity contribution in [2.75, 3.05) is 5.32 Å². The maximum absolute atomic E-state index is 12.3. The Morgan fingerprint density at radius 3 is 2.77 bits per heavy atom. The smallest absolute Gasteiger partial charge is 0.320 e. The lowest BCUT2D eigenvalue weighted by Crippen LogP contribution is -2.34. The number of hydrogen-bond donors (Lipinski definition) is 2. The number of nitrogens with one attached hydrogen (secondary N) is 2. The Balaban J connectivity index is 1.44. The first kappa shape index (κ1) is 13.7. The van der Waals surface area contributed by atoms with Gasteiger partial charge in [-0.15, -0.1) is 11.3 Å². The van der Waals surface area contributed by atoms with E-state index in [9.17, 15) is 4.79 Å². The van der Waals surface area contributed by atoms with Gasteiger partial charge in [0.25, 0.3) is 0 Å². The predicted octanol–water partition coefficient (Wildman–Crippen LogP) is 3.69. The minimum absolute atomic E-state index is 0.00999. The van der Waals surface area contributed by atoms with Crippen LogP contribution in [-0.2, 0) is 0 Å². The Labute approximate surface area is 133 Å². The summed E-state index contributed by atoms with van der Waals surface area (Å²) in [5.74, 6) is 1.82. The van der Waals surface area contributed by atoms with Crippen LogP contribution < -0.4 is 10.6 Å². The molecular formula is C16H18N4OS. The van der Waals surface area contributed by atoms with E-state index in [1.54, 1.807) is 23.0 Å². The summed E-state index contributed by atoms with van der Waals surface area (Å²) in [5.41, 5.74) is 2.74. The molecule has 1 unspecified atom stereocenters. The van der Waals surface area contributed by atoms with Gasteiger partial charge in [0.1, 0.15) is 5.82 Å². The van der Waals surface area contributed by atoms with Crippen molar-refractivity contribution < 1.29 is 4.79 Å². The van der Waals surface area contributed by atoms with Crippen molar-refractivity contribution in [3.63, 3.8) is 0 Å². The summed E-state index contributed by atoms with van der Waals surface area (Å²) in [6.45, 7) is 0. The minimum Gasteiger partial charge on any atom is -0.329 e. The molecule has 2 aliphatic rings. The van der Waals surface area contributed by atoms with Crippen LogP contribution in [0.2, 0.25) is 0 Å². The number of carbonyl (C=O) groups is 1. The van der Waals surface area contributed by atoms with E-state index in [1.165, 1.54) is 17.7 Å². The zero-order valence-corrected chi connectivity index (χ0v) is 13.0. The summed E-state index contributed by atoms with van der Waals surface area (Å²) in [4.78, 5) is 22.2. The van der Waals surface area contributed by atoms with Crippen molar-refractivity contribution in [2.24, 2.45) is 5.92 Å². The van der Waals surface area contributed by atoms with E-state index < -0.39 is 0 Å². The van der Waals surface area contributed by atoms with Crippen LogP contribution in [0.5, 0.6) is 0 Å². The molecule has 2 N–H and O–H groups in total. The van der Waals surface area contributed by atoms with E-state index in [0.29, 0.717) is 11.8 Å². The average molecular weight is 314 g/mol. The molecule has 22 heavy (non-hydrogen) atoms. The molecule has 0 saturated heterocycles. The molecule has 0 spiro atoms. The number of thiazole rings is 1. The molecule has 114 valence electrons. The molecule has 2 heterocycles. The summed E-state index contributed by atoms with van der Waals surface area (Å²) in [6.07, 6.45) is 6.47. The number of anilines is 1. The van der Waals surface area contributed by atoms with Crippen LogP contribution in [0.1, 0.15) is 48.2 Å². The lowest BCUT2D eigenvalue weighted by molar-refractivity contribution is 0.246. The molecule has 0 radical (unpaired) electrons. The maximum atomic E-state index is 12.3. The molecule has 4 rings (SSSR count). The van der Waals surface area contributed by atoms with Gasteiger partial charge in [0, 0.05) is 6.20 Å². The molecular weight excluding hydrogens is 296 g/mol. The molecule has 5 nitrogen and oxygen atoms in total. The number of hydrogen-bond acceptors (Lipinski definition) is 4. The molecule has 0 aliphatic heterocycles. The largest absolute Gasteiger partial charge is 0.329 e. The number of rotatable bonds is 5. The molecule has 6 heteroatoms. The van der Waals surface area contributed by atoms with E-state index in [2.05, 4.69) is 20.6 Å². The van der Waals surface area contributed by atoms with Gasteiger partial charge in [-0.25, -0.2) is 9.78 Å². The summed E-state index contributed by atoms with van der Waals surface area (Å²) in [7, 11) is 0. The van der Waals surface area contributed by atoms with E-state index in [-0.39, 0.29) is 12.1 Å². The van der Waals surface area contributed by atoms with Gasteiger partial charge in [-0.2, -0.15) is 0 Å². The normalized spacial score (nSPS) is 18.7. The fraction of sp³-hybridized carbons (Fsp3) is 0.438. The Morgan fingerprint density at radius 2 is 2.09 bits per heavy atom. The van der Waals surface area contributed by atoms with Crippen LogP contribution >= 0.6 is 11.3 Å². The molecule has 2 aromatic rings. The molecule has 2 fully saturated rings. The highest BCUT2D eigenvalue weighted by molar-refractivity contribution is 7.10. The SMILES string of the molecule is O=C(Nc1ncsc1C1CC1)NC(c1ccccn1)C1CC1. The molecule has 0 bridgehead atoms. The van der Waals surface area contributed by atoms with Crippen LogP contribution in [-0.4, -0.2) is 16.0 Å². The number of carbonyl (C=O) groups excluding carboxylic acids is 1. The average Bonchev–Trinajstić information content (AvgIpc) is 3.46. The van der Waals surface area contributed by atoms with Gasteiger partial charge < -0.3 is 5.32 Å². The molecule has 0 aromatic carbocycles. The zero-order valence-electron chi connectivity index (χ0n) is 12.2. The highest BCUT2D eigenvalue weighted by atomic mass is 32.1. The molecule has 1 atom stereocenters. The van der Waals surface area contributed by atoms with E-state index >= 15 is 0 Å². The van der Waals surface area contributed by atoms with Crippen LogP contribution in [0.15, 0.2) is 29.9 Å². The Kier molecular flexibility index (Phi) is 3.54. The van der Waals surface area contributed by atoms with Crippen molar-refractivity contribution in [2.45, 2.75) is 37.6 Å². The first-order chi connectivity index (χ1) is 10.8. The third-order valence-electron chi connectivity index (χ3n) is 4.16. The summed E-state index contributed by atoms with van der Waals surface area (Å²) >= 11 is 1.63. The first-order valence-corrected chi connectivity index (χ1v) is 8.61. The first-order valence-electron chi connectivity index (χ1n) is 7.73. The zero-order chi connectivity index (χ0) is 14.9. The van der Waals surface area contributed by atoms with Gasteiger partial charge in [0.2, 0.25) is 0 Å². The van der Waals surface area contributed by atoms with E-state index in [0.717, 1.165) is 24.4 Å². The molecule has 2 amide bonds. The monoisotopic (exact) mass is 314 g/mol. The van der Waals surface area contributed by atoms with E-state index in [4.69, 9.17) is 0 Å².